The average Bonchev–Trinajstić information content (AvgIpc) is 2.72. The summed E-state index contributed by atoms with van der Waals surface area (Å²) in [5.41, 5.74) is 0.911. The maximum Gasteiger partial charge on any atom is 0.326 e. The van der Waals surface area contributed by atoms with Crippen molar-refractivity contribution in [3.05, 3.63) is 36.2 Å². The Balaban J connectivity index is 2.13. The number of hydrogen-bond donors (Lipinski definition) is 1. The van der Waals surface area contributed by atoms with E-state index >= 15 is 0 Å². The molecular weight excluding hydrogens is 242 g/mol. The number of aryl methyl sites for hydroxylation is 1. The molecule has 2 heterocycles. The van der Waals surface area contributed by atoms with Crippen molar-refractivity contribution >= 4 is 5.97 Å². The fourth-order valence-electron chi connectivity index (χ4n) is 2.59. The van der Waals surface area contributed by atoms with Crippen LogP contribution in [0, 0.1) is 0 Å². The molecule has 2 aromatic rings. The first-order valence-electron chi connectivity index (χ1n) is 6.49. The quantitative estimate of drug-likeness (QED) is 0.896. The first-order chi connectivity index (χ1) is 9.27. The molecule has 1 atom stereocenters. The largest absolute Gasteiger partial charge is 0.480 e. The Hall–Kier alpha value is -2.17. The summed E-state index contributed by atoms with van der Waals surface area (Å²) in [6.07, 6.45) is 3.31. The van der Waals surface area contributed by atoms with Gasteiger partial charge in [0.25, 0.3) is 0 Å². The van der Waals surface area contributed by atoms with Crippen molar-refractivity contribution in [3.63, 3.8) is 0 Å². The van der Waals surface area contributed by atoms with E-state index in [2.05, 4.69) is 10.2 Å². The third kappa shape index (κ3) is 2.12. The zero-order valence-corrected chi connectivity index (χ0v) is 10.5. The number of hydrogen-bond acceptors (Lipinski definition) is 3. The highest BCUT2D eigenvalue weighted by molar-refractivity contribution is 5.73. The van der Waals surface area contributed by atoms with Crippen molar-refractivity contribution in [1.29, 1.82) is 0 Å². The smallest absolute Gasteiger partial charge is 0.326 e. The standard InChI is InChI=1S/C14H15N3O2/c18-14(19)11-8-4-5-9-12-15-16-13(17(11)12)10-6-2-1-3-7-10/h1-3,6-7,11H,4-5,8-9H2,(H,18,19)/t11-/m1/s1. The van der Waals surface area contributed by atoms with Crippen molar-refractivity contribution in [1.82, 2.24) is 14.8 Å². The van der Waals surface area contributed by atoms with Crippen LogP contribution in [-0.2, 0) is 11.2 Å². The summed E-state index contributed by atoms with van der Waals surface area (Å²) in [6, 6.07) is 9.08. The molecule has 5 heteroatoms. The molecule has 0 radical (unpaired) electrons. The Morgan fingerprint density at radius 2 is 2.00 bits per heavy atom. The van der Waals surface area contributed by atoms with Crippen molar-refractivity contribution in [3.8, 4) is 11.4 Å². The predicted octanol–water partition coefficient (Wildman–Crippen LogP) is 2.30. The number of rotatable bonds is 2. The number of carbonyl (C=O) groups is 1. The molecule has 1 aromatic heterocycles. The van der Waals surface area contributed by atoms with Crippen molar-refractivity contribution < 1.29 is 9.90 Å². The molecule has 0 saturated heterocycles. The zero-order chi connectivity index (χ0) is 13.2. The van der Waals surface area contributed by atoms with Gasteiger partial charge in [0.2, 0.25) is 0 Å². The van der Waals surface area contributed by atoms with Crippen LogP contribution >= 0.6 is 0 Å². The highest BCUT2D eigenvalue weighted by atomic mass is 16.4. The minimum absolute atomic E-state index is 0.553. The van der Waals surface area contributed by atoms with Gasteiger partial charge < -0.3 is 5.11 Å². The summed E-state index contributed by atoms with van der Waals surface area (Å²) in [5.74, 6) is 0.633. The van der Waals surface area contributed by atoms with Crippen LogP contribution in [0.1, 0.15) is 31.1 Å². The number of aromatic nitrogens is 3. The van der Waals surface area contributed by atoms with E-state index in [1.54, 1.807) is 4.57 Å². The molecule has 0 amide bonds. The lowest BCUT2D eigenvalue weighted by atomic mass is 10.1. The van der Waals surface area contributed by atoms with Gasteiger partial charge in [-0.15, -0.1) is 10.2 Å². The topological polar surface area (TPSA) is 68.0 Å². The normalized spacial score (nSPS) is 18.6. The molecule has 0 spiro atoms. The number of carboxylic acids is 1. The Morgan fingerprint density at radius 1 is 1.21 bits per heavy atom. The molecule has 5 nitrogen and oxygen atoms in total. The van der Waals surface area contributed by atoms with Crippen LogP contribution in [-0.4, -0.2) is 25.8 Å². The Morgan fingerprint density at radius 3 is 2.74 bits per heavy atom. The molecule has 19 heavy (non-hydrogen) atoms. The molecule has 0 aliphatic carbocycles. The molecule has 0 fully saturated rings. The molecule has 1 aromatic carbocycles. The molecule has 0 bridgehead atoms. The van der Waals surface area contributed by atoms with Gasteiger partial charge in [0.15, 0.2) is 5.82 Å². The van der Waals surface area contributed by atoms with E-state index in [4.69, 9.17) is 0 Å². The molecule has 1 aliphatic rings. The van der Waals surface area contributed by atoms with E-state index < -0.39 is 12.0 Å². The lowest BCUT2D eigenvalue weighted by molar-refractivity contribution is -0.141. The van der Waals surface area contributed by atoms with Gasteiger partial charge in [-0.25, -0.2) is 4.79 Å². The second kappa shape index (κ2) is 4.84. The van der Waals surface area contributed by atoms with E-state index in [1.807, 2.05) is 30.3 Å². The molecule has 0 unspecified atom stereocenters. The highest BCUT2D eigenvalue weighted by Gasteiger charge is 2.28. The molecule has 3 rings (SSSR count). The van der Waals surface area contributed by atoms with Crippen LogP contribution in [0.2, 0.25) is 0 Å². The summed E-state index contributed by atoms with van der Waals surface area (Å²) in [5, 5.41) is 17.8. The van der Waals surface area contributed by atoms with Crippen molar-refractivity contribution in [2.45, 2.75) is 31.7 Å². The van der Waals surface area contributed by atoms with E-state index in [0.717, 1.165) is 30.7 Å². The average molecular weight is 257 g/mol. The van der Waals surface area contributed by atoms with E-state index in [1.165, 1.54) is 0 Å². The van der Waals surface area contributed by atoms with Crippen LogP contribution in [0.3, 0.4) is 0 Å². The molecular formula is C14H15N3O2. The second-order valence-electron chi connectivity index (χ2n) is 4.78. The third-order valence-electron chi connectivity index (χ3n) is 3.52. The molecule has 0 saturated carbocycles. The van der Waals surface area contributed by atoms with Gasteiger partial charge in [-0.2, -0.15) is 0 Å². The Labute approximate surface area is 110 Å². The predicted molar refractivity (Wildman–Crippen MR) is 69.7 cm³/mol. The zero-order valence-electron chi connectivity index (χ0n) is 10.5. The lowest BCUT2D eigenvalue weighted by Crippen LogP contribution is -2.20. The number of nitrogens with zero attached hydrogens (tertiary/aromatic N) is 3. The maximum atomic E-state index is 11.5. The maximum absolute atomic E-state index is 11.5. The summed E-state index contributed by atoms with van der Waals surface area (Å²) >= 11 is 0. The summed E-state index contributed by atoms with van der Waals surface area (Å²) in [7, 11) is 0. The summed E-state index contributed by atoms with van der Waals surface area (Å²) < 4.78 is 1.80. The van der Waals surface area contributed by atoms with Crippen molar-refractivity contribution in [2.75, 3.05) is 0 Å². The monoisotopic (exact) mass is 257 g/mol. The van der Waals surface area contributed by atoms with Gasteiger partial charge in [0, 0.05) is 12.0 Å². The molecule has 1 aliphatic heterocycles. The van der Waals surface area contributed by atoms with Crippen LogP contribution in [0.4, 0.5) is 0 Å². The number of fused-ring (bicyclic) bond motifs is 1. The SMILES string of the molecule is O=C(O)[C@H]1CCCCc2nnc(-c3ccccc3)n21. The van der Waals surface area contributed by atoms with E-state index in [0.29, 0.717) is 12.2 Å². The summed E-state index contributed by atoms with van der Waals surface area (Å²) in [4.78, 5) is 11.5. The third-order valence-corrected chi connectivity index (χ3v) is 3.52. The minimum atomic E-state index is -0.805. The van der Waals surface area contributed by atoms with Gasteiger partial charge in [-0.3, -0.25) is 4.57 Å². The Bertz CT molecular complexity index is 592. The number of benzene rings is 1. The second-order valence-corrected chi connectivity index (χ2v) is 4.78. The fraction of sp³-hybridized carbons (Fsp3) is 0.357. The van der Waals surface area contributed by atoms with E-state index in [9.17, 15) is 9.90 Å². The minimum Gasteiger partial charge on any atom is -0.480 e. The highest BCUT2D eigenvalue weighted by Crippen LogP contribution is 2.29. The van der Waals surface area contributed by atoms with Crippen LogP contribution in [0.25, 0.3) is 11.4 Å². The Kier molecular flexibility index (Phi) is 3.03. The van der Waals surface area contributed by atoms with E-state index in [-0.39, 0.29) is 0 Å². The van der Waals surface area contributed by atoms with Crippen LogP contribution in [0.15, 0.2) is 30.3 Å². The van der Waals surface area contributed by atoms with Crippen molar-refractivity contribution in [2.24, 2.45) is 0 Å². The number of aliphatic carboxylic acids is 1. The van der Waals surface area contributed by atoms with Gasteiger partial charge in [0.1, 0.15) is 11.9 Å². The van der Waals surface area contributed by atoms with Crippen LogP contribution < -0.4 is 0 Å². The van der Waals surface area contributed by atoms with Gasteiger partial charge in [-0.05, 0) is 12.8 Å². The van der Waals surface area contributed by atoms with Gasteiger partial charge in [-0.1, -0.05) is 36.8 Å². The molecule has 1 N–H and O–H groups in total. The molecule has 98 valence electrons. The number of carboxylic acid groups (broad SMARTS) is 1. The fourth-order valence-corrected chi connectivity index (χ4v) is 2.59. The van der Waals surface area contributed by atoms with Gasteiger partial charge in [0.05, 0.1) is 0 Å². The first-order valence-corrected chi connectivity index (χ1v) is 6.49. The lowest BCUT2D eigenvalue weighted by Gasteiger charge is -2.15. The van der Waals surface area contributed by atoms with Crippen LogP contribution in [0.5, 0.6) is 0 Å². The first kappa shape index (κ1) is 11.9. The van der Waals surface area contributed by atoms with Gasteiger partial charge >= 0.3 is 5.97 Å². The summed E-state index contributed by atoms with van der Waals surface area (Å²) in [6.45, 7) is 0.